The number of benzene rings is 1. The van der Waals surface area contributed by atoms with Gasteiger partial charge in [-0.2, -0.15) is 5.10 Å². The summed E-state index contributed by atoms with van der Waals surface area (Å²) >= 11 is 5.95. The Labute approximate surface area is 115 Å². The van der Waals surface area contributed by atoms with Crippen molar-refractivity contribution in [2.45, 2.75) is 26.8 Å². The van der Waals surface area contributed by atoms with Gasteiger partial charge in [0, 0.05) is 5.56 Å². The highest BCUT2D eigenvalue weighted by molar-refractivity contribution is 6.33. The van der Waals surface area contributed by atoms with Crippen molar-refractivity contribution in [1.29, 1.82) is 0 Å². The lowest BCUT2D eigenvalue weighted by Gasteiger charge is -2.16. The smallest absolute Gasteiger partial charge is 0.141 e. The minimum Gasteiger partial charge on any atom is -0.383 e. The number of aryl methyl sites for hydroxylation is 2. The second-order valence-corrected chi connectivity index (χ2v) is 4.91. The Hall–Kier alpha value is -1.62. The maximum atomic E-state index is 13.9. The Morgan fingerprint density at radius 2 is 1.89 bits per heavy atom. The van der Waals surface area contributed by atoms with E-state index < -0.39 is 17.7 Å². The molecule has 0 radical (unpaired) electrons. The van der Waals surface area contributed by atoms with Gasteiger partial charge in [-0.3, -0.25) is 0 Å². The minimum atomic E-state index is -0.540. The van der Waals surface area contributed by atoms with E-state index in [0.717, 1.165) is 6.07 Å². The number of rotatable bonds is 2. The number of nitrogens with zero attached hydrogens (tertiary/aromatic N) is 2. The summed E-state index contributed by atoms with van der Waals surface area (Å²) in [5, 5.41) is 4.48. The number of halogens is 3. The standard InChI is InChI=1S/C13H14ClF2N3/c1-6-4-11(16)9(5-10(6)15)8(3)19-13(17)12(14)7(2)18-19/h4-5,8H,17H2,1-3H3. The summed E-state index contributed by atoms with van der Waals surface area (Å²) in [5.74, 6) is -0.709. The van der Waals surface area contributed by atoms with Crippen LogP contribution in [0, 0.1) is 25.5 Å². The van der Waals surface area contributed by atoms with E-state index in [-0.39, 0.29) is 16.9 Å². The average Bonchev–Trinajstić information content (AvgIpc) is 2.61. The Kier molecular flexibility index (Phi) is 3.49. The van der Waals surface area contributed by atoms with Crippen molar-refractivity contribution in [1.82, 2.24) is 9.78 Å². The summed E-state index contributed by atoms with van der Waals surface area (Å²) in [6.45, 7) is 4.90. The van der Waals surface area contributed by atoms with Gasteiger partial charge in [0.2, 0.25) is 0 Å². The monoisotopic (exact) mass is 285 g/mol. The summed E-state index contributed by atoms with van der Waals surface area (Å²) in [6.07, 6.45) is 0. The van der Waals surface area contributed by atoms with Crippen LogP contribution < -0.4 is 5.73 Å². The maximum Gasteiger partial charge on any atom is 0.141 e. The molecule has 0 amide bonds. The van der Waals surface area contributed by atoms with Gasteiger partial charge in [-0.05, 0) is 38.5 Å². The third-order valence-corrected chi connectivity index (χ3v) is 3.61. The molecule has 0 aliphatic carbocycles. The van der Waals surface area contributed by atoms with E-state index in [4.69, 9.17) is 17.3 Å². The first-order valence-corrected chi connectivity index (χ1v) is 6.16. The Morgan fingerprint density at radius 1 is 1.26 bits per heavy atom. The second-order valence-electron chi connectivity index (χ2n) is 4.53. The molecule has 1 unspecified atom stereocenters. The number of nitrogen functional groups attached to an aromatic ring is 1. The molecule has 1 aromatic carbocycles. The zero-order valence-electron chi connectivity index (χ0n) is 10.8. The van der Waals surface area contributed by atoms with Gasteiger partial charge in [-0.15, -0.1) is 0 Å². The van der Waals surface area contributed by atoms with Crippen molar-refractivity contribution in [2.75, 3.05) is 5.73 Å². The van der Waals surface area contributed by atoms with Gasteiger partial charge in [0.05, 0.1) is 11.7 Å². The van der Waals surface area contributed by atoms with Gasteiger partial charge in [-0.1, -0.05) is 11.6 Å². The summed E-state index contributed by atoms with van der Waals surface area (Å²) in [7, 11) is 0. The van der Waals surface area contributed by atoms with E-state index in [2.05, 4.69) is 5.10 Å². The van der Waals surface area contributed by atoms with Crippen LogP contribution in [0.4, 0.5) is 14.6 Å². The van der Waals surface area contributed by atoms with Gasteiger partial charge in [0.1, 0.15) is 22.5 Å². The lowest BCUT2D eigenvalue weighted by molar-refractivity contribution is 0.513. The molecule has 0 fully saturated rings. The average molecular weight is 286 g/mol. The second kappa shape index (κ2) is 4.81. The van der Waals surface area contributed by atoms with Gasteiger partial charge >= 0.3 is 0 Å². The maximum absolute atomic E-state index is 13.9. The zero-order chi connectivity index (χ0) is 14.3. The minimum absolute atomic E-state index is 0.189. The molecule has 2 aromatic rings. The lowest BCUT2D eigenvalue weighted by atomic mass is 10.1. The van der Waals surface area contributed by atoms with Crippen LogP contribution in [0.5, 0.6) is 0 Å². The first kappa shape index (κ1) is 13.8. The first-order valence-electron chi connectivity index (χ1n) is 5.78. The van der Waals surface area contributed by atoms with Gasteiger partial charge in [0.15, 0.2) is 0 Å². The lowest BCUT2D eigenvalue weighted by Crippen LogP contribution is -2.13. The fraction of sp³-hybridized carbons (Fsp3) is 0.308. The molecule has 0 saturated heterocycles. The SMILES string of the molecule is Cc1cc(F)c(C(C)n2nc(C)c(Cl)c2N)cc1F. The molecular weight excluding hydrogens is 272 g/mol. The number of anilines is 1. The summed E-state index contributed by atoms with van der Waals surface area (Å²) < 4.78 is 28.9. The number of hydrogen-bond acceptors (Lipinski definition) is 2. The van der Waals surface area contributed by atoms with Crippen LogP contribution in [0.1, 0.15) is 29.8 Å². The van der Waals surface area contributed by atoms with Crippen molar-refractivity contribution in [2.24, 2.45) is 0 Å². The van der Waals surface area contributed by atoms with Gasteiger partial charge in [0.25, 0.3) is 0 Å². The topological polar surface area (TPSA) is 43.8 Å². The highest BCUT2D eigenvalue weighted by atomic mass is 35.5. The molecule has 102 valence electrons. The molecule has 6 heteroatoms. The summed E-state index contributed by atoms with van der Waals surface area (Å²) in [4.78, 5) is 0. The van der Waals surface area contributed by atoms with Crippen LogP contribution in [0.2, 0.25) is 5.02 Å². The summed E-state index contributed by atoms with van der Waals surface area (Å²) in [6, 6.07) is 1.79. The Bertz CT molecular complexity index is 637. The van der Waals surface area contributed by atoms with Gasteiger partial charge in [-0.25, -0.2) is 13.5 Å². The number of hydrogen-bond donors (Lipinski definition) is 1. The van der Waals surface area contributed by atoms with Crippen molar-refractivity contribution in [3.63, 3.8) is 0 Å². The van der Waals surface area contributed by atoms with Crippen molar-refractivity contribution in [3.8, 4) is 0 Å². The van der Waals surface area contributed by atoms with E-state index in [1.807, 2.05) is 0 Å². The molecule has 0 aliphatic heterocycles. The third kappa shape index (κ3) is 2.30. The Balaban J connectivity index is 2.52. The van der Waals surface area contributed by atoms with Crippen LogP contribution >= 0.6 is 11.6 Å². The molecule has 2 N–H and O–H groups in total. The molecule has 1 atom stereocenters. The molecule has 1 aromatic heterocycles. The zero-order valence-corrected chi connectivity index (χ0v) is 11.6. The van der Waals surface area contributed by atoms with Crippen molar-refractivity contribution in [3.05, 3.63) is 45.6 Å². The highest BCUT2D eigenvalue weighted by Gasteiger charge is 2.20. The fourth-order valence-electron chi connectivity index (χ4n) is 1.95. The summed E-state index contributed by atoms with van der Waals surface area (Å²) in [5.41, 5.74) is 6.82. The van der Waals surface area contributed by atoms with E-state index in [1.165, 1.54) is 17.7 Å². The normalized spacial score (nSPS) is 12.7. The largest absolute Gasteiger partial charge is 0.383 e. The van der Waals surface area contributed by atoms with Crippen LogP contribution in [0.15, 0.2) is 12.1 Å². The van der Waals surface area contributed by atoms with E-state index in [1.54, 1.807) is 13.8 Å². The van der Waals surface area contributed by atoms with Crippen molar-refractivity contribution >= 4 is 17.4 Å². The quantitative estimate of drug-likeness (QED) is 0.916. The fourth-order valence-corrected chi connectivity index (χ4v) is 2.08. The third-order valence-electron chi connectivity index (χ3n) is 3.14. The molecule has 3 nitrogen and oxygen atoms in total. The van der Waals surface area contributed by atoms with Crippen molar-refractivity contribution < 1.29 is 8.78 Å². The number of aromatic nitrogens is 2. The molecule has 0 aliphatic rings. The molecule has 0 spiro atoms. The molecule has 0 bridgehead atoms. The molecule has 2 rings (SSSR count). The van der Waals surface area contributed by atoms with Crippen LogP contribution in [-0.4, -0.2) is 9.78 Å². The number of nitrogens with two attached hydrogens (primary N) is 1. The van der Waals surface area contributed by atoms with E-state index in [9.17, 15) is 8.78 Å². The highest BCUT2D eigenvalue weighted by Crippen LogP contribution is 2.30. The van der Waals surface area contributed by atoms with E-state index >= 15 is 0 Å². The van der Waals surface area contributed by atoms with Crippen LogP contribution in [0.25, 0.3) is 0 Å². The molecule has 0 saturated carbocycles. The Morgan fingerprint density at radius 3 is 2.42 bits per heavy atom. The molecular formula is C13H14ClF2N3. The van der Waals surface area contributed by atoms with Crippen LogP contribution in [-0.2, 0) is 0 Å². The van der Waals surface area contributed by atoms with Crippen LogP contribution in [0.3, 0.4) is 0 Å². The molecule has 19 heavy (non-hydrogen) atoms. The molecule has 1 heterocycles. The predicted octanol–water partition coefficient (Wildman–Crippen LogP) is 3.62. The van der Waals surface area contributed by atoms with Gasteiger partial charge < -0.3 is 5.73 Å². The van der Waals surface area contributed by atoms with E-state index in [0.29, 0.717) is 10.7 Å². The predicted molar refractivity (Wildman–Crippen MR) is 71.3 cm³/mol. The first-order chi connectivity index (χ1) is 8.82.